The number of ether oxygens (including phenoxy) is 3. The van der Waals surface area contributed by atoms with Crippen LogP contribution in [0.2, 0.25) is 0 Å². The first-order valence-corrected chi connectivity index (χ1v) is 25.4. The summed E-state index contributed by atoms with van der Waals surface area (Å²) in [5.41, 5.74) is 0. The van der Waals surface area contributed by atoms with Crippen molar-refractivity contribution in [2.24, 2.45) is 0 Å². The summed E-state index contributed by atoms with van der Waals surface area (Å²) in [4.78, 5) is 37.9. The molecule has 0 aliphatic heterocycles. The molecular formula is C57H92O6. The van der Waals surface area contributed by atoms with Gasteiger partial charge in [0.05, 0.1) is 0 Å². The van der Waals surface area contributed by atoms with Crippen LogP contribution in [0, 0.1) is 0 Å². The van der Waals surface area contributed by atoms with E-state index in [-0.39, 0.29) is 37.5 Å². The number of hydrogen-bond acceptors (Lipinski definition) is 6. The summed E-state index contributed by atoms with van der Waals surface area (Å²) >= 11 is 0. The number of rotatable bonds is 44. The second kappa shape index (κ2) is 50.7. The Hall–Kier alpha value is -3.93. The maximum atomic E-state index is 12.8. The van der Waals surface area contributed by atoms with Gasteiger partial charge < -0.3 is 14.2 Å². The molecule has 0 radical (unpaired) electrons. The molecule has 63 heavy (non-hydrogen) atoms. The number of carbonyl (C=O) groups excluding carboxylic acids is 3. The van der Waals surface area contributed by atoms with Crippen molar-refractivity contribution in [3.8, 4) is 0 Å². The molecule has 0 fully saturated rings. The second-order valence-corrected chi connectivity index (χ2v) is 16.3. The van der Waals surface area contributed by atoms with Crippen LogP contribution in [0.5, 0.6) is 0 Å². The zero-order chi connectivity index (χ0) is 45.8. The van der Waals surface area contributed by atoms with Crippen molar-refractivity contribution in [3.63, 3.8) is 0 Å². The van der Waals surface area contributed by atoms with Gasteiger partial charge in [-0.1, -0.05) is 188 Å². The topological polar surface area (TPSA) is 78.9 Å². The Kier molecular flexibility index (Phi) is 47.5. The molecule has 6 nitrogen and oxygen atoms in total. The minimum Gasteiger partial charge on any atom is -0.462 e. The maximum Gasteiger partial charge on any atom is 0.306 e. The van der Waals surface area contributed by atoms with Crippen LogP contribution >= 0.6 is 0 Å². The normalized spacial score (nSPS) is 13.0. The molecule has 0 aliphatic carbocycles. The van der Waals surface area contributed by atoms with Crippen LogP contribution in [0.3, 0.4) is 0 Å². The highest BCUT2D eigenvalue weighted by Gasteiger charge is 2.19. The monoisotopic (exact) mass is 873 g/mol. The summed E-state index contributed by atoms with van der Waals surface area (Å²) < 4.78 is 16.7. The first-order chi connectivity index (χ1) is 31.0. The maximum absolute atomic E-state index is 12.8. The van der Waals surface area contributed by atoms with Crippen molar-refractivity contribution in [1.82, 2.24) is 0 Å². The predicted molar refractivity (Wildman–Crippen MR) is 270 cm³/mol. The molecule has 1 atom stereocenters. The van der Waals surface area contributed by atoms with E-state index in [4.69, 9.17) is 14.2 Å². The summed E-state index contributed by atoms with van der Waals surface area (Å²) in [6.07, 6.45) is 67.9. The third kappa shape index (κ3) is 49.0. The van der Waals surface area contributed by atoms with E-state index < -0.39 is 6.10 Å². The number of allylic oxidation sites excluding steroid dienone is 18. The lowest BCUT2D eigenvalue weighted by atomic mass is 10.1. The predicted octanol–water partition coefficient (Wildman–Crippen LogP) is 16.8. The highest BCUT2D eigenvalue weighted by molar-refractivity contribution is 5.71. The Bertz CT molecular complexity index is 1330. The molecule has 0 aromatic rings. The molecule has 0 amide bonds. The quantitative estimate of drug-likeness (QED) is 0.0263. The van der Waals surface area contributed by atoms with E-state index in [1.807, 2.05) is 0 Å². The van der Waals surface area contributed by atoms with E-state index in [0.29, 0.717) is 19.3 Å². The van der Waals surface area contributed by atoms with E-state index in [2.05, 4.69) is 130 Å². The van der Waals surface area contributed by atoms with Crippen molar-refractivity contribution in [2.45, 2.75) is 219 Å². The average molecular weight is 873 g/mol. The van der Waals surface area contributed by atoms with E-state index in [0.717, 1.165) is 128 Å². The Morgan fingerprint density at radius 1 is 0.333 bits per heavy atom. The number of hydrogen-bond donors (Lipinski definition) is 0. The van der Waals surface area contributed by atoms with Crippen LogP contribution in [0.4, 0.5) is 0 Å². The lowest BCUT2D eigenvalue weighted by molar-refractivity contribution is -0.167. The fourth-order valence-corrected chi connectivity index (χ4v) is 6.48. The fraction of sp³-hybridized carbons (Fsp3) is 0.632. The van der Waals surface area contributed by atoms with Crippen LogP contribution < -0.4 is 0 Å². The Labute approximate surface area is 387 Å². The van der Waals surface area contributed by atoms with Gasteiger partial charge in [0, 0.05) is 19.3 Å². The molecule has 0 heterocycles. The minimum absolute atomic E-state index is 0.110. The molecule has 0 bridgehead atoms. The zero-order valence-corrected chi connectivity index (χ0v) is 40.5. The number of esters is 3. The van der Waals surface area contributed by atoms with Gasteiger partial charge in [0.15, 0.2) is 6.10 Å². The van der Waals surface area contributed by atoms with Crippen LogP contribution in [-0.2, 0) is 28.6 Å². The van der Waals surface area contributed by atoms with Gasteiger partial charge in [-0.05, 0) is 116 Å². The third-order valence-electron chi connectivity index (χ3n) is 10.2. The first-order valence-electron chi connectivity index (χ1n) is 25.4. The number of unbranched alkanes of at least 4 members (excludes halogenated alkanes) is 15. The van der Waals surface area contributed by atoms with E-state index in [9.17, 15) is 14.4 Å². The molecular weight excluding hydrogens is 781 g/mol. The van der Waals surface area contributed by atoms with Gasteiger partial charge in [-0.25, -0.2) is 0 Å². The molecule has 0 aromatic heterocycles. The van der Waals surface area contributed by atoms with Crippen LogP contribution in [0.25, 0.3) is 0 Å². The Morgan fingerprint density at radius 2 is 0.635 bits per heavy atom. The Balaban J connectivity index is 4.53. The van der Waals surface area contributed by atoms with Crippen LogP contribution in [0.1, 0.15) is 213 Å². The molecule has 0 aliphatic rings. The first kappa shape index (κ1) is 59.1. The summed E-state index contributed by atoms with van der Waals surface area (Å²) in [6.45, 7) is 6.31. The lowest BCUT2D eigenvalue weighted by Gasteiger charge is -2.18. The Morgan fingerprint density at radius 3 is 1.05 bits per heavy atom. The highest BCUT2D eigenvalue weighted by atomic mass is 16.6. The molecule has 356 valence electrons. The minimum atomic E-state index is -0.813. The van der Waals surface area contributed by atoms with Gasteiger partial charge in [0.2, 0.25) is 0 Å². The van der Waals surface area contributed by atoms with Crippen molar-refractivity contribution in [2.75, 3.05) is 13.2 Å². The SMILES string of the molecule is CC/C=C\C/C=C\C/C=C\C/C=C\C/C=C\CCCC(=O)OC[C@H](COC(=O)CCCCCCC/C=C\C/C=C\C/C=C\CC)OC(=O)CCCCCCC/C=C\CCCCCC. The summed E-state index contributed by atoms with van der Waals surface area (Å²) in [5.74, 6) is -1.00. The van der Waals surface area contributed by atoms with Gasteiger partial charge in [-0.15, -0.1) is 0 Å². The lowest BCUT2D eigenvalue weighted by Crippen LogP contribution is -2.30. The molecule has 0 saturated heterocycles. The molecule has 0 rings (SSSR count). The van der Waals surface area contributed by atoms with Gasteiger partial charge >= 0.3 is 17.9 Å². The van der Waals surface area contributed by atoms with Gasteiger partial charge in [0.1, 0.15) is 13.2 Å². The van der Waals surface area contributed by atoms with Crippen LogP contribution in [0.15, 0.2) is 109 Å². The molecule has 0 unspecified atom stereocenters. The fourth-order valence-electron chi connectivity index (χ4n) is 6.48. The highest BCUT2D eigenvalue weighted by Crippen LogP contribution is 2.12. The van der Waals surface area contributed by atoms with Crippen LogP contribution in [-0.4, -0.2) is 37.2 Å². The van der Waals surface area contributed by atoms with Gasteiger partial charge in [-0.2, -0.15) is 0 Å². The summed E-state index contributed by atoms with van der Waals surface area (Å²) in [5, 5.41) is 0. The smallest absolute Gasteiger partial charge is 0.306 e. The molecule has 0 saturated carbocycles. The summed E-state index contributed by atoms with van der Waals surface area (Å²) in [7, 11) is 0. The molecule has 0 aromatic carbocycles. The number of carbonyl (C=O) groups is 3. The van der Waals surface area contributed by atoms with E-state index in [1.165, 1.54) is 38.5 Å². The van der Waals surface area contributed by atoms with Gasteiger partial charge in [-0.3, -0.25) is 14.4 Å². The van der Waals surface area contributed by atoms with E-state index in [1.54, 1.807) is 0 Å². The molecule has 0 N–H and O–H groups in total. The van der Waals surface area contributed by atoms with E-state index >= 15 is 0 Å². The zero-order valence-electron chi connectivity index (χ0n) is 40.5. The van der Waals surface area contributed by atoms with Gasteiger partial charge in [0.25, 0.3) is 0 Å². The summed E-state index contributed by atoms with van der Waals surface area (Å²) in [6, 6.07) is 0. The second-order valence-electron chi connectivity index (χ2n) is 16.3. The third-order valence-corrected chi connectivity index (χ3v) is 10.2. The molecule has 0 spiro atoms. The van der Waals surface area contributed by atoms with Crippen molar-refractivity contribution in [3.05, 3.63) is 109 Å². The van der Waals surface area contributed by atoms with Crippen molar-refractivity contribution in [1.29, 1.82) is 0 Å². The average Bonchev–Trinajstić information content (AvgIpc) is 3.28. The molecule has 6 heteroatoms. The van der Waals surface area contributed by atoms with Crippen molar-refractivity contribution < 1.29 is 28.6 Å². The van der Waals surface area contributed by atoms with Crippen molar-refractivity contribution >= 4 is 17.9 Å². The standard InChI is InChI=1S/C57H92O6/c1-4-7-10-13-16-19-22-25-27-28-30-33-35-38-41-44-47-50-56(59)62-53-54(63-57(60)51-48-45-42-39-36-31-24-21-18-15-12-9-6-3)52-61-55(58)49-46-43-40-37-34-32-29-26-23-20-17-14-11-8-5-2/h7-8,10-11,16-17,19-21,24-27,29-30,33,38,41,54H,4-6,9,12-15,18,22-23,28,31-32,34-37,39-40,42-53H2,1-3H3/b10-7-,11-8-,19-16-,20-17-,24-21-,27-25-,29-26-,33-30-,41-38-/t54-/m0/s1. The largest absolute Gasteiger partial charge is 0.462 e.